The molecule has 2 aliphatic heterocycles. The van der Waals surface area contributed by atoms with Crippen LogP contribution < -0.4 is 4.90 Å². The van der Waals surface area contributed by atoms with Gasteiger partial charge in [-0.1, -0.05) is 24.3 Å². The third-order valence-electron chi connectivity index (χ3n) is 6.45. The Morgan fingerprint density at radius 1 is 1.11 bits per heavy atom. The zero-order valence-corrected chi connectivity index (χ0v) is 15.8. The smallest absolute Gasteiger partial charge is 0.244 e. The molecule has 2 fully saturated rings. The molecule has 1 spiro atoms. The van der Waals surface area contributed by atoms with Crippen LogP contribution in [0.2, 0.25) is 0 Å². The quantitative estimate of drug-likeness (QED) is 0.812. The number of hydrogen-bond donors (Lipinski definition) is 0. The molecule has 5 rings (SSSR count). The molecule has 0 aromatic heterocycles. The van der Waals surface area contributed by atoms with Crippen molar-refractivity contribution < 1.29 is 9.53 Å². The van der Waals surface area contributed by atoms with E-state index in [-0.39, 0.29) is 17.6 Å². The number of nitriles is 1. The summed E-state index contributed by atoms with van der Waals surface area (Å²) in [7, 11) is 0. The lowest BCUT2D eigenvalue weighted by atomic mass is 9.92. The maximum atomic E-state index is 13.2. The van der Waals surface area contributed by atoms with Gasteiger partial charge in [0.05, 0.1) is 24.3 Å². The summed E-state index contributed by atoms with van der Waals surface area (Å²) in [5.74, 6) is 0.160. The topological polar surface area (TPSA) is 56.6 Å². The van der Waals surface area contributed by atoms with Gasteiger partial charge in [0.2, 0.25) is 5.91 Å². The molecule has 2 heterocycles. The molecule has 2 atom stereocenters. The van der Waals surface area contributed by atoms with Crippen LogP contribution in [-0.2, 0) is 21.6 Å². The lowest BCUT2D eigenvalue weighted by Crippen LogP contribution is -2.54. The van der Waals surface area contributed by atoms with Gasteiger partial charge in [-0.05, 0) is 54.7 Å². The molecule has 5 heteroatoms. The van der Waals surface area contributed by atoms with E-state index in [4.69, 9.17) is 10.00 Å². The largest absolute Gasteiger partial charge is 0.368 e. The van der Waals surface area contributed by atoms with E-state index in [1.165, 1.54) is 11.1 Å². The number of nitrogens with zero attached hydrogens (tertiary/aromatic N) is 3. The van der Waals surface area contributed by atoms with Crippen LogP contribution in [-0.4, -0.2) is 43.1 Å². The highest BCUT2D eigenvalue weighted by atomic mass is 16.5. The van der Waals surface area contributed by atoms with Crippen LogP contribution in [0.15, 0.2) is 48.5 Å². The van der Waals surface area contributed by atoms with E-state index in [1.807, 2.05) is 17.0 Å². The van der Waals surface area contributed by atoms with Crippen molar-refractivity contribution in [2.75, 3.05) is 31.1 Å². The maximum Gasteiger partial charge on any atom is 0.244 e. The molecule has 5 nitrogen and oxygen atoms in total. The Hall–Kier alpha value is -2.68. The highest BCUT2D eigenvalue weighted by Crippen LogP contribution is 2.43. The number of morpholine rings is 1. The zero-order chi connectivity index (χ0) is 19.1. The first kappa shape index (κ1) is 17.4. The molecule has 1 aliphatic carbocycles. The molecule has 0 bridgehead atoms. The molecule has 28 heavy (non-hydrogen) atoms. The molecule has 2 aromatic carbocycles. The van der Waals surface area contributed by atoms with E-state index in [1.54, 1.807) is 12.1 Å². The van der Waals surface area contributed by atoms with Gasteiger partial charge in [-0.3, -0.25) is 9.69 Å². The molecule has 2 unspecified atom stereocenters. The van der Waals surface area contributed by atoms with Gasteiger partial charge in [0.15, 0.2) is 0 Å². The SMILES string of the molecule is N#Cc1ccc(N2CCC(N3CCOC4(CCc5ccccc54)C3)C2=O)cc1. The molecule has 0 radical (unpaired) electrons. The summed E-state index contributed by atoms with van der Waals surface area (Å²) >= 11 is 0. The Morgan fingerprint density at radius 3 is 2.75 bits per heavy atom. The summed E-state index contributed by atoms with van der Waals surface area (Å²) in [5, 5.41) is 8.98. The third-order valence-corrected chi connectivity index (χ3v) is 6.45. The number of rotatable bonds is 2. The number of hydrogen-bond acceptors (Lipinski definition) is 4. The maximum absolute atomic E-state index is 13.2. The standard InChI is InChI=1S/C23H23N3O2/c24-15-17-5-7-19(8-6-17)26-12-10-21(22(26)27)25-13-14-28-23(16-25)11-9-18-3-1-2-4-20(18)23/h1-8,21H,9-14,16H2. The Balaban J connectivity index is 1.36. The van der Waals surface area contributed by atoms with E-state index in [0.29, 0.717) is 12.2 Å². The summed E-state index contributed by atoms with van der Waals surface area (Å²) in [6.45, 7) is 2.95. The second-order valence-electron chi connectivity index (χ2n) is 7.92. The minimum Gasteiger partial charge on any atom is -0.368 e. The molecular weight excluding hydrogens is 350 g/mol. The second-order valence-corrected chi connectivity index (χ2v) is 7.92. The molecule has 2 aromatic rings. The fourth-order valence-electron chi connectivity index (χ4n) is 5.02. The summed E-state index contributed by atoms with van der Waals surface area (Å²) in [6, 6.07) is 17.9. The van der Waals surface area contributed by atoms with Crippen LogP contribution in [0.3, 0.4) is 0 Å². The fraction of sp³-hybridized carbons (Fsp3) is 0.391. The number of carbonyl (C=O) groups is 1. The second kappa shape index (κ2) is 6.73. The van der Waals surface area contributed by atoms with Gasteiger partial charge in [0, 0.05) is 25.3 Å². The van der Waals surface area contributed by atoms with Gasteiger partial charge >= 0.3 is 0 Å². The number of carbonyl (C=O) groups excluding carboxylic acids is 1. The van der Waals surface area contributed by atoms with Gasteiger partial charge in [-0.25, -0.2) is 0 Å². The number of benzene rings is 2. The van der Waals surface area contributed by atoms with E-state index in [9.17, 15) is 4.79 Å². The summed E-state index contributed by atoms with van der Waals surface area (Å²) in [5.41, 5.74) is 3.90. The minimum absolute atomic E-state index is 0.0934. The average Bonchev–Trinajstić information content (AvgIpc) is 3.30. The van der Waals surface area contributed by atoms with Gasteiger partial charge in [-0.2, -0.15) is 5.26 Å². The van der Waals surface area contributed by atoms with Crippen LogP contribution >= 0.6 is 0 Å². The Bertz CT molecular complexity index is 945. The van der Waals surface area contributed by atoms with Crippen LogP contribution in [0, 0.1) is 11.3 Å². The van der Waals surface area contributed by atoms with Crippen LogP contribution in [0.25, 0.3) is 0 Å². The summed E-state index contributed by atoms with van der Waals surface area (Å²) in [4.78, 5) is 17.4. The zero-order valence-electron chi connectivity index (χ0n) is 15.8. The lowest BCUT2D eigenvalue weighted by Gasteiger charge is -2.43. The summed E-state index contributed by atoms with van der Waals surface area (Å²) < 4.78 is 6.32. The van der Waals surface area contributed by atoms with Crippen LogP contribution in [0.1, 0.15) is 29.5 Å². The van der Waals surface area contributed by atoms with E-state index < -0.39 is 0 Å². The highest BCUT2D eigenvalue weighted by molar-refractivity contribution is 5.99. The lowest BCUT2D eigenvalue weighted by molar-refractivity contribution is -0.137. The van der Waals surface area contributed by atoms with Gasteiger partial charge < -0.3 is 9.64 Å². The number of aryl methyl sites for hydroxylation is 1. The first-order chi connectivity index (χ1) is 13.7. The number of fused-ring (bicyclic) bond motifs is 2. The average molecular weight is 373 g/mol. The van der Waals surface area contributed by atoms with Crippen molar-refractivity contribution in [2.45, 2.75) is 30.9 Å². The molecular formula is C23H23N3O2. The van der Waals surface area contributed by atoms with Gasteiger partial charge in [0.25, 0.3) is 0 Å². The van der Waals surface area contributed by atoms with Crippen molar-refractivity contribution in [1.82, 2.24) is 4.90 Å². The summed E-state index contributed by atoms with van der Waals surface area (Å²) in [6.07, 6.45) is 2.86. The predicted molar refractivity (Wildman–Crippen MR) is 106 cm³/mol. The highest BCUT2D eigenvalue weighted by Gasteiger charge is 2.47. The van der Waals surface area contributed by atoms with E-state index in [0.717, 1.165) is 44.6 Å². The molecule has 2 saturated heterocycles. The van der Waals surface area contributed by atoms with Crippen LogP contribution in [0.5, 0.6) is 0 Å². The normalized spacial score (nSPS) is 27.2. The van der Waals surface area contributed by atoms with Crippen molar-refractivity contribution in [3.63, 3.8) is 0 Å². The third kappa shape index (κ3) is 2.72. The van der Waals surface area contributed by atoms with E-state index >= 15 is 0 Å². The van der Waals surface area contributed by atoms with Crippen molar-refractivity contribution >= 4 is 11.6 Å². The minimum atomic E-state index is -0.267. The van der Waals surface area contributed by atoms with Crippen molar-refractivity contribution in [1.29, 1.82) is 5.26 Å². The molecule has 3 aliphatic rings. The molecule has 1 amide bonds. The Kier molecular flexibility index (Phi) is 4.19. The molecule has 0 N–H and O–H groups in total. The van der Waals surface area contributed by atoms with Crippen molar-refractivity contribution in [3.8, 4) is 6.07 Å². The number of anilines is 1. The number of ether oxygens (including phenoxy) is 1. The first-order valence-electron chi connectivity index (χ1n) is 9.98. The fourth-order valence-corrected chi connectivity index (χ4v) is 5.02. The first-order valence-corrected chi connectivity index (χ1v) is 9.98. The Morgan fingerprint density at radius 2 is 1.93 bits per heavy atom. The van der Waals surface area contributed by atoms with Gasteiger partial charge in [-0.15, -0.1) is 0 Å². The van der Waals surface area contributed by atoms with Crippen molar-refractivity contribution in [2.24, 2.45) is 0 Å². The molecule has 0 saturated carbocycles. The van der Waals surface area contributed by atoms with E-state index in [2.05, 4.69) is 35.2 Å². The van der Waals surface area contributed by atoms with Crippen molar-refractivity contribution in [3.05, 3.63) is 65.2 Å². The van der Waals surface area contributed by atoms with Crippen LogP contribution in [0.4, 0.5) is 5.69 Å². The Labute approximate surface area is 165 Å². The predicted octanol–water partition coefficient (Wildman–Crippen LogP) is 2.84. The van der Waals surface area contributed by atoms with Gasteiger partial charge in [0.1, 0.15) is 5.60 Å². The molecule has 142 valence electrons. The monoisotopic (exact) mass is 373 g/mol. The number of amides is 1.